The summed E-state index contributed by atoms with van der Waals surface area (Å²) >= 11 is 1.01. The van der Waals surface area contributed by atoms with Gasteiger partial charge in [0.15, 0.2) is 5.13 Å². The lowest BCUT2D eigenvalue weighted by Gasteiger charge is -2.34. The van der Waals surface area contributed by atoms with Crippen LogP contribution >= 0.6 is 11.3 Å². The SMILES string of the molecule is O=C(NO)c1cnc(N2CCN(S(=O)(=O)c3ccccc3C(F)(F)F)CC2)s1. The van der Waals surface area contributed by atoms with Crippen LogP contribution in [0.2, 0.25) is 0 Å². The lowest BCUT2D eigenvalue weighted by molar-refractivity contribution is -0.139. The van der Waals surface area contributed by atoms with Crippen LogP contribution in [0.5, 0.6) is 0 Å². The summed E-state index contributed by atoms with van der Waals surface area (Å²) < 4.78 is 66.0. The summed E-state index contributed by atoms with van der Waals surface area (Å²) in [6, 6.07) is 4.08. The minimum atomic E-state index is -4.78. The lowest BCUT2D eigenvalue weighted by atomic mass is 10.2. The maximum Gasteiger partial charge on any atom is 0.417 e. The fourth-order valence-electron chi connectivity index (χ4n) is 2.76. The zero-order valence-electron chi connectivity index (χ0n) is 14.2. The summed E-state index contributed by atoms with van der Waals surface area (Å²) in [4.78, 5) is 16.6. The number of halogens is 3. The second-order valence-electron chi connectivity index (χ2n) is 5.83. The van der Waals surface area contributed by atoms with E-state index in [1.165, 1.54) is 17.7 Å². The van der Waals surface area contributed by atoms with Crippen molar-refractivity contribution in [2.24, 2.45) is 0 Å². The number of carbonyl (C=O) groups excluding carboxylic acids is 1. The zero-order valence-corrected chi connectivity index (χ0v) is 15.8. The van der Waals surface area contributed by atoms with Gasteiger partial charge in [0, 0.05) is 26.2 Å². The van der Waals surface area contributed by atoms with Crippen LogP contribution in [0.3, 0.4) is 0 Å². The van der Waals surface area contributed by atoms with E-state index < -0.39 is 32.6 Å². The Morgan fingerprint density at radius 3 is 2.43 bits per heavy atom. The Morgan fingerprint density at radius 1 is 1.18 bits per heavy atom. The molecule has 0 radical (unpaired) electrons. The average Bonchev–Trinajstić information content (AvgIpc) is 3.17. The van der Waals surface area contributed by atoms with Gasteiger partial charge in [-0.2, -0.15) is 17.5 Å². The second kappa shape index (κ2) is 7.66. The highest BCUT2D eigenvalue weighted by Crippen LogP contribution is 2.35. The maximum absolute atomic E-state index is 13.2. The molecule has 1 amide bonds. The summed E-state index contributed by atoms with van der Waals surface area (Å²) in [7, 11) is -4.32. The van der Waals surface area contributed by atoms with E-state index in [1.54, 1.807) is 4.90 Å². The highest BCUT2D eigenvalue weighted by atomic mass is 32.2. The van der Waals surface area contributed by atoms with Crippen LogP contribution in [0.4, 0.5) is 18.3 Å². The van der Waals surface area contributed by atoms with Gasteiger partial charge >= 0.3 is 6.18 Å². The van der Waals surface area contributed by atoms with Crippen molar-refractivity contribution in [3.8, 4) is 0 Å². The molecule has 0 spiro atoms. The molecule has 1 saturated heterocycles. The first-order chi connectivity index (χ1) is 13.1. The minimum Gasteiger partial charge on any atom is -0.345 e. The first kappa shape index (κ1) is 20.5. The third-order valence-electron chi connectivity index (χ3n) is 4.14. The van der Waals surface area contributed by atoms with E-state index in [4.69, 9.17) is 5.21 Å². The molecule has 13 heteroatoms. The second-order valence-corrected chi connectivity index (χ2v) is 8.75. The molecule has 0 atom stereocenters. The number of benzene rings is 1. The standard InChI is InChI=1S/C15H15F3N4O4S2/c16-15(17,18)10-3-1-2-4-12(10)28(25,26)22-7-5-21(6-8-22)14-19-9-11(27-14)13(23)20-24/h1-4,9,24H,5-8H2,(H,20,23). The number of thiazole rings is 1. The lowest BCUT2D eigenvalue weighted by Crippen LogP contribution is -2.48. The number of anilines is 1. The predicted molar refractivity (Wildman–Crippen MR) is 93.8 cm³/mol. The molecule has 0 aliphatic carbocycles. The van der Waals surface area contributed by atoms with Crippen molar-refractivity contribution >= 4 is 32.4 Å². The summed E-state index contributed by atoms with van der Waals surface area (Å²) in [5.74, 6) is -0.714. The summed E-state index contributed by atoms with van der Waals surface area (Å²) in [5.41, 5.74) is 0.296. The third-order valence-corrected chi connectivity index (χ3v) is 7.15. The molecule has 8 nitrogen and oxygen atoms in total. The molecule has 2 N–H and O–H groups in total. The van der Waals surface area contributed by atoms with Gasteiger partial charge in [0.2, 0.25) is 10.0 Å². The van der Waals surface area contributed by atoms with Gasteiger partial charge in [-0.05, 0) is 12.1 Å². The van der Waals surface area contributed by atoms with Crippen molar-refractivity contribution in [2.75, 3.05) is 31.1 Å². The topological polar surface area (TPSA) is 103 Å². The van der Waals surface area contributed by atoms with Crippen LogP contribution in [0.1, 0.15) is 15.2 Å². The number of hydrogen-bond donors (Lipinski definition) is 2. The highest BCUT2D eigenvalue weighted by Gasteiger charge is 2.39. The van der Waals surface area contributed by atoms with Gasteiger partial charge in [-0.1, -0.05) is 23.5 Å². The highest BCUT2D eigenvalue weighted by molar-refractivity contribution is 7.89. The number of hydroxylamine groups is 1. The predicted octanol–water partition coefficient (Wildman–Crippen LogP) is 1.79. The minimum absolute atomic E-state index is 0.0321. The van der Waals surface area contributed by atoms with Crippen molar-refractivity contribution in [2.45, 2.75) is 11.1 Å². The molecule has 1 fully saturated rings. The number of carbonyl (C=O) groups is 1. The van der Waals surface area contributed by atoms with E-state index >= 15 is 0 Å². The summed E-state index contributed by atoms with van der Waals surface area (Å²) in [6.45, 7) is 0.327. The van der Waals surface area contributed by atoms with E-state index in [0.717, 1.165) is 33.8 Å². The fourth-order valence-corrected chi connectivity index (χ4v) is 5.25. The molecule has 1 aromatic heterocycles. The van der Waals surface area contributed by atoms with Gasteiger partial charge in [0.25, 0.3) is 5.91 Å². The number of hydrogen-bond acceptors (Lipinski definition) is 7. The number of nitrogens with zero attached hydrogens (tertiary/aromatic N) is 3. The van der Waals surface area contributed by atoms with E-state index in [-0.39, 0.29) is 31.1 Å². The average molecular weight is 436 g/mol. The quantitative estimate of drug-likeness (QED) is 0.560. The van der Waals surface area contributed by atoms with Crippen LogP contribution in [0.15, 0.2) is 35.4 Å². The van der Waals surface area contributed by atoms with Gasteiger partial charge in [-0.3, -0.25) is 10.0 Å². The van der Waals surface area contributed by atoms with Gasteiger partial charge < -0.3 is 4.90 Å². The van der Waals surface area contributed by atoms with Crippen molar-refractivity contribution < 1.29 is 31.6 Å². The molecule has 1 aliphatic heterocycles. The number of nitrogens with one attached hydrogen (secondary N) is 1. The van der Waals surface area contributed by atoms with Gasteiger partial charge in [0.1, 0.15) is 4.88 Å². The van der Waals surface area contributed by atoms with Gasteiger partial charge in [-0.25, -0.2) is 18.9 Å². The molecule has 0 unspecified atom stereocenters. The van der Waals surface area contributed by atoms with Crippen LogP contribution < -0.4 is 10.4 Å². The summed E-state index contributed by atoms with van der Waals surface area (Å²) in [5, 5.41) is 9.08. The molecular weight excluding hydrogens is 421 g/mol. The van der Waals surface area contributed by atoms with Gasteiger partial charge in [-0.15, -0.1) is 0 Å². The Labute approximate surface area is 162 Å². The summed E-state index contributed by atoms with van der Waals surface area (Å²) in [6.07, 6.45) is -3.51. The molecule has 0 saturated carbocycles. The van der Waals surface area contributed by atoms with E-state index in [0.29, 0.717) is 5.13 Å². The van der Waals surface area contributed by atoms with Crippen molar-refractivity contribution in [1.29, 1.82) is 0 Å². The molecule has 2 heterocycles. The Hall–Kier alpha value is -2.22. The Bertz CT molecular complexity index is 970. The van der Waals surface area contributed by atoms with E-state index in [2.05, 4.69) is 4.98 Å². The zero-order chi connectivity index (χ0) is 20.5. The first-order valence-electron chi connectivity index (χ1n) is 7.96. The Balaban J connectivity index is 1.76. The number of rotatable bonds is 4. The van der Waals surface area contributed by atoms with Crippen molar-refractivity contribution in [3.05, 3.63) is 40.9 Å². The molecule has 152 valence electrons. The van der Waals surface area contributed by atoms with Crippen LogP contribution in [-0.4, -0.2) is 55.0 Å². The van der Waals surface area contributed by atoms with Crippen molar-refractivity contribution in [1.82, 2.24) is 14.8 Å². The molecule has 28 heavy (non-hydrogen) atoms. The molecule has 0 bridgehead atoms. The number of piperazine rings is 1. The van der Waals surface area contributed by atoms with Crippen LogP contribution in [0, 0.1) is 0 Å². The number of sulfonamides is 1. The van der Waals surface area contributed by atoms with Crippen molar-refractivity contribution in [3.63, 3.8) is 0 Å². The number of aromatic nitrogens is 1. The number of amides is 1. The Morgan fingerprint density at radius 2 is 1.82 bits per heavy atom. The normalized spacial score (nSPS) is 16.2. The molecule has 3 rings (SSSR count). The maximum atomic E-state index is 13.2. The molecule has 1 aromatic carbocycles. The fraction of sp³-hybridized carbons (Fsp3) is 0.333. The van der Waals surface area contributed by atoms with Gasteiger partial charge in [0.05, 0.1) is 16.7 Å². The van der Waals surface area contributed by atoms with E-state index in [1.807, 2.05) is 0 Å². The van der Waals surface area contributed by atoms with Crippen LogP contribution in [-0.2, 0) is 16.2 Å². The van der Waals surface area contributed by atoms with E-state index in [9.17, 15) is 26.4 Å². The molecule has 2 aromatic rings. The smallest absolute Gasteiger partial charge is 0.345 e. The monoisotopic (exact) mass is 436 g/mol. The van der Waals surface area contributed by atoms with Crippen LogP contribution in [0.25, 0.3) is 0 Å². The first-order valence-corrected chi connectivity index (χ1v) is 10.2. The molecule has 1 aliphatic rings. The number of alkyl halides is 3. The Kier molecular flexibility index (Phi) is 5.61. The third kappa shape index (κ3) is 3.97. The molecular formula is C15H15F3N4O4S2. The largest absolute Gasteiger partial charge is 0.417 e.